The number of benzene rings is 1. The lowest BCUT2D eigenvalue weighted by Gasteiger charge is -2.13. The van der Waals surface area contributed by atoms with Crippen molar-refractivity contribution in [3.05, 3.63) is 47.5 Å². The molecule has 0 fully saturated rings. The Morgan fingerprint density at radius 1 is 1.38 bits per heavy atom. The maximum atomic E-state index is 13.1. The van der Waals surface area contributed by atoms with Crippen LogP contribution < -0.4 is 10.1 Å². The molecule has 1 aromatic heterocycles. The number of esters is 1. The molecule has 0 saturated carbocycles. The van der Waals surface area contributed by atoms with Gasteiger partial charge in [0.1, 0.15) is 29.9 Å². The predicted molar refractivity (Wildman–Crippen MR) is 82.9 cm³/mol. The van der Waals surface area contributed by atoms with Crippen molar-refractivity contribution >= 4 is 11.9 Å². The molecule has 2 rings (SSSR count). The highest BCUT2D eigenvalue weighted by Gasteiger charge is 2.21. The summed E-state index contributed by atoms with van der Waals surface area (Å²) >= 11 is 0. The third-order valence-electron chi connectivity index (χ3n) is 3.25. The minimum atomic E-state index is -0.730. The zero-order valence-electron chi connectivity index (χ0n) is 13.3. The average Bonchev–Trinajstić information content (AvgIpc) is 3.06. The first-order valence-electron chi connectivity index (χ1n) is 7.34. The van der Waals surface area contributed by atoms with E-state index in [1.54, 1.807) is 13.0 Å². The Hall–Kier alpha value is -2.90. The van der Waals surface area contributed by atoms with Gasteiger partial charge in [-0.1, -0.05) is 13.0 Å². The first kappa shape index (κ1) is 17.5. The number of methoxy groups -OCH3 is 1. The molecule has 8 heteroatoms. The van der Waals surface area contributed by atoms with Crippen molar-refractivity contribution in [1.29, 1.82) is 0 Å². The molecule has 128 valence electrons. The van der Waals surface area contributed by atoms with Crippen LogP contribution in [0.3, 0.4) is 0 Å². The lowest BCUT2D eigenvalue weighted by atomic mass is 10.2. The Labute approximate surface area is 138 Å². The first-order valence-corrected chi connectivity index (χ1v) is 7.34. The summed E-state index contributed by atoms with van der Waals surface area (Å²) in [5, 5.41) is 9.08. The van der Waals surface area contributed by atoms with Gasteiger partial charge in [-0.2, -0.15) is 5.10 Å². The fraction of sp³-hybridized carbons (Fsp3) is 0.312. The molecular formula is C16H18FN3O4. The number of rotatable bonds is 7. The van der Waals surface area contributed by atoms with E-state index in [2.05, 4.69) is 20.3 Å². The first-order chi connectivity index (χ1) is 11.5. The molecule has 2 N–H and O–H groups in total. The van der Waals surface area contributed by atoms with Gasteiger partial charge in [-0.3, -0.25) is 9.89 Å². The average molecular weight is 335 g/mol. The fourth-order valence-corrected chi connectivity index (χ4v) is 1.97. The number of aromatic nitrogens is 2. The molecule has 7 nitrogen and oxygen atoms in total. The van der Waals surface area contributed by atoms with Gasteiger partial charge in [-0.15, -0.1) is 0 Å². The summed E-state index contributed by atoms with van der Waals surface area (Å²) in [4.78, 5) is 23.6. The van der Waals surface area contributed by atoms with E-state index in [1.807, 2.05) is 0 Å². The summed E-state index contributed by atoms with van der Waals surface area (Å²) in [5.74, 6) is -1.05. The molecule has 1 atom stereocenters. The zero-order valence-corrected chi connectivity index (χ0v) is 13.3. The summed E-state index contributed by atoms with van der Waals surface area (Å²) in [6, 6.07) is 6.50. The van der Waals surface area contributed by atoms with E-state index < -0.39 is 23.7 Å². The third kappa shape index (κ3) is 4.55. The normalized spacial score (nSPS) is 11.6. The number of H-pyrrole nitrogens is 1. The Morgan fingerprint density at radius 3 is 2.83 bits per heavy atom. The van der Waals surface area contributed by atoms with Crippen molar-refractivity contribution in [2.45, 2.75) is 26.0 Å². The Morgan fingerprint density at radius 2 is 2.17 bits per heavy atom. The van der Waals surface area contributed by atoms with Crippen LogP contribution in [-0.2, 0) is 16.1 Å². The summed E-state index contributed by atoms with van der Waals surface area (Å²) in [5.41, 5.74) is 0.658. The van der Waals surface area contributed by atoms with Crippen molar-refractivity contribution in [3.8, 4) is 5.75 Å². The smallest absolute Gasteiger partial charge is 0.328 e. The molecule has 0 bridgehead atoms. The van der Waals surface area contributed by atoms with E-state index in [1.165, 1.54) is 31.4 Å². The second-order valence-electron chi connectivity index (χ2n) is 4.98. The number of aromatic amines is 1. The highest BCUT2D eigenvalue weighted by atomic mass is 19.1. The van der Waals surface area contributed by atoms with E-state index in [-0.39, 0.29) is 12.3 Å². The Balaban J connectivity index is 1.94. The number of amides is 1. The van der Waals surface area contributed by atoms with Gasteiger partial charge in [-0.25, -0.2) is 9.18 Å². The molecule has 2 aromatic rings. The molecule has 0 spiro atoms. The van der Waals surface area contributed by atoms with Crippen LogP contribution >= 0.6 is 0 Å². The molecular weight excluding hydrogens is 317 g/mol. The number of halogens is 1. The number of carbonyl (C=O) groups excluding carboxylic acids is 2. The molecule has 0 aliphatic heterocycles. The molecule has 1 heterocycles. The molecule has 24 heavy (non-hydrogen) atoms. The van der Waals surface area contributed by atoms with Gasteiger partial charge >= 0.3 is 5.97 Å². The van der Waals surface area contributed by atoms with Gasteiger partial charge in [-0.05, 0) is 24.6 Å². The highest BCUT2D eigenvalue weighted by Crippen LogP contribution is 2.14. The van der Waals surface area contributed by atoms with E-state index in [9.17, 15) is 14.0 Å². The standard InChI is InChI=1S/C16H18FN3O4/c1-3-13(16(22)23-2)18-15(21)14-8-11(19-20-14)9-24-12-6-4-5-10(17)7-12/h4-8,13H,3,9H2,1-2H3,(H,18,21)(H,19,20)/t13-/m0/s1. The van der Waals surface area contributed by atoms with E-state index in [4.69, 9.17) is 4.74 Å². The predicted octanol–water partition coefficient (Wildman–Crippen LogP) is 1.81. The van der Waals surface area contributed by atoms with E-state index >= 15 is 0 Å². The van der Waals surface area contributed by atoms with E-state index in [0.29, 0.717) is 17.9 Å². The second kappa shape index (κ2) is 8.09. The minimum Gasteiger partial charge on any atom is -0.487 e. The lowest BCUT2D eigenvalue weighted by molar-refractivity contribution is -0.142. The van der Waals surface area contributed by atoms with Crippen molar-refractivity contribution in [3.63, 3.8) is 0 Å². The maximum Gasteiger partial charge on any atom is 0.328 e. The largest absolute Gasteiger partial charge is 0.487 e. The van der Waals surface area contributed by atoms with E-state index in [0.717, 1.165) is 0 Å². The van der Waals surface area contributed by atoms with Crippen LogP contribution in [-0.4, -0.2) is 35.2 Å². The zero-order chi connectivity index (χ0) is 17.5. The van der Waals surface area contributed by atoms with Gasteiger partial charge < -0.3 is 14.8 Å². The topological polar surface area (TPSA) is 93.3 Å². The molecule has 0 aliphatic rings. The molecule has 0 unspecified atom stereocenters. The number of ether oxygens (including phenoxy) is 2. The molecule has 1 aromatic carbocycles. The lowest BCUT2D eigenvalue weighted by Crippen LogP contribution is -2.41. The van der Waals surface area contributed by atoms with Crippen LogP contribution in [0, 0.1) is 5.82 Å². The van der Waals surface area contributed by atoms with Crippen LogP contribution in [0.1, 0.15) is 29.5 Å². The van der Waals surface area contributed by atoms with Crippen LogP contribution in [0.2, 0.25) is 0 Å². The van der Waals surface area contributed by atoms with Crippen LogP contribution in [0.5, 0.6) is 5.75 Å². The summed E-state index contributed by atoms with van der Waals surface area (Å²) in [7, 11) is 1.26. The number of hydrogen-bond acceptors (Lipinski definition) is 5. The van der Waals surface area contributed by atoms with Gasteiger partial charge in [0.25, 0.3) is 5.91 Å². The second-order valence-corrected chi connectivity index (χ2v) is 4.98. The van der Waals surface area contributed by atoms with Crippen molar-refractivity contribution in [2.24, 2.45) is 0 Å². The number of nitrogens with zero attached hydrogens (tertiary/aromatic N) is 1. The third-order valence-corrected chi connectivity index (χ3v) is 3.25. The quantitative estimate of drug-likeness (QED) is 0.753. The maximum absolute atomic E-state index is 13.1. The van der Waals surface area contributed by atoms with Crippen LogP contribution in [0.4, 0.5) is 4.39 Å². The summed E-state index contributed by atoms with van der Waals surface area (Å²) < 4.78 is 23.1. The van der Waals surface area contributed by atoms with Crippen molar-refractivity contribution in [2.75, 3.05) is 7.11 Å². The molecule has 0 radical (unpaired) electrons. The monoisotopic (exact) mass is 335 g/mol. The van der Waals surface area contributed by atoms with Crippen LogP contribution in [0.25, 0.3) is 0 Å². The number of hydrogen-bond donors (Lipinski definition) is 2. The van der Waals surface area contributed by atoms with Gasteiger partial charge in [0.05, 0.1) is 12.8 Å². The Kier molecular flexibility index (Phi) is 5.89. The molecule has 0 saturated heterocycles. The Bertz CT molecular complexity index is 717. The number of nitrogens with one attached hydrogen (secondary N) is 2. The summed E-state index contributed by atoms with van der Waals surface area (Å²) in [6.45, 7) is 1.85. The minimum absolute atomic E-state index is 0.0952. The van der Waals surface area contributed by atoms with Crippen LogP contribution in [0.15, 0.2) is 30.3 Å². The van der Waals surface area contributed by atoms with Gasteiger partial charge in [0.15, 0.2) is 0 Å². The van der Waals surface area contributed by atoms with Crippen molar-refractivity contribution in [1.82, 2.24) is 15.5 Å². The fourth-order valence-electron chi connectivity index (χ4n) is 1.97. The highest BCUT2D eigenvalue weighted by molar-refractivity contribution is 5.95. The van der Waals surface area contributed by atoms with Crippen molar-refractivity contribution < 1.29 is 23.5 Å². The molecule has 1 amide bonds. The SMILES string of the molecule is CC[C@H](NC(=O)c1cc(COc2cccc(F)c2)[nH]n1)C(=O)OC. The van der Waals surface area contributed by atoms with Gasteiger partial charge in [0.2, 0.25) is 0 Å². The molecule has 0 aliphatic carbocycles. The van der Waals surface area contributed by atoms with Gasteiger partial charge in [0, 0.05) is 6.07 Å². The number of carbonyl (C=O) groups is 2. The summed E-state index contributed by atoms with van der Waals surface area (Å²) in [6.07, 6.45) is 0.401.